The second-order valence-electron chi connectivity index (χ2n) is 9.54. The third-order valence-electron chi connectivity index (χ3n) is 6.83. The number of aromatic nitrogens is 1. The molecule has 4 aromatic carbocycles. The standard InChI is InChI=1S/C33H26N4O2/c1-35-18-19-36(23-35)26-21-29-28-14-5-6-15-30(28)39-33(29)31(22-26)38-27-13-9-12-25(20-27)37(24-10-3-2-4-11-24)32-16-7-8-17-34-32/h2-22H,23H2,1H3. The minimum atomic E-state index is 0.669. The second kappa shape index (κ2) is 9.58. The highest BCUT2D eigenvalue weighted by molar-refractivity contribution is 6.08. The normalized spacial score (nSPS) is 12.9. The van der Waals surface area contributed by atoms with Crippen LogP contribution in [0.3, 0.4) is 0 Å². The maximum Gasteiger partial charge on any atom is 0.178 e. The lowest BCUT2D eigenvalue weighted by molar-refractivity contribution is 0.475. The molecule has 0 N–H and O–H groups in total. The first kappa shape index (κ1) is 22.9. The largest absolute Gasteiger partial charge is 0.453 e. The van der Waals surface area contributed by atoms with E-state index in [0.717, 1.165) is 51.5 Å². The van der Waals surface area contributed by atoms with E-state index in [0.29, 0.717) is 11.5 Å². The van der Waals surface area contributed by atoms with Gasteiger partial charge in [0, 0.05) is 59.9 Å². The number of benzene rings is 4. The van der Waals surface area contributed by atoms with Gasteiger partial charge in [-0.2, -0.15) is 0 Å². The van der Waals surface area contributed by atoms with Crippen molar-refractivity contribution in [1.29, 1.82) is 0 Å². The molecule has 0 radical (unpaired) electrons. The number of hydrogen-bond acceptors (Lipinski definition) is 6. The molecule has 0 unspecified atom stereocenters. The van der Waals surface area contributed by atoms with Crippen molar-refractivity contribution in [3.8, 4) is 11.5 Å². The molecule has 39 heavy (non-hydrogen) atoms. The summed E-state index contributed by atoms with van der Waals surface area (Å²) in [5, 5.41) is 2.09. The van der Waals surface area contributed by atoms with Crippen LogP contribution in [0.2, 0.25) is 0 Å². The number of fused-ring (bicyclic) bond motifs is 3. The van der Waals surface area contributed by atoms with E-state index in [1.54, 1.807) is 6.20 Å². The lowest BCUT2D eigenvalue weighted by Crippen LogP contribution is -2.21. The number of ether oxygens (including phenoxy) is 1. The molecule has 190 valence electrons. The molecule has 6 aromatic rings. The first-order valence-electron chi connectivity index (χ1n) is 12.9. The molecule has 2 aromatic heterocycles. The molecule has 7 rings (SSSR count). The van der Waals surface area contributed by atoms with Gasteiger partial charge in [-0.1, -0.05) is 48.5 Å². The minimum absolute atomic E-state index is 0.669. The van der Waals surface area contributed by atoms with Crippen molar-refractivity contribution >= 4 is 44.8 Å². The number of pyridine rings is 1. The van der Waals surface area contributed by atoms with E-state index >= 15 is 0 Å². The summed E-state index contributed by atoms with van der Waals surface area (Å²) in [7, 11) is 2.06. The number of anilines is 4. The molecule has 0 aliphatic carbocycles. The number of nitrogens with zero attached hydrogens (tertiary/aromatic N) is 4. The zero-order valence-electron chi connectivity index (χ0n) is 21.4. The van der Waals surface area contributed by atoms with Gasteiger partial charge in [-0.15, -0.1) is 0 Å². The number of para-hydroxylation sites is 2. The number of hydrogen-bond donors (Lipinski definition) is 0. The lowest BCUT2D eigenvalue weighted by Gasteiger charge is -2.24. The van der Waals surface area contributed by atoms with Gasteiger partial charge in [-0.25, -0.2) is 4.98 Å². The van der Waals surface area contributed by atoms with Crippen LogP contribution in [0.15, 0.2) is 132 Å². The maximum absolute atomic E-state index is 6.61. The molecule has 6 heteroatoms. The Morgan fingerprint density at radius 1 is 0.769 bits per heavy atom. The average molecular weight is 511 g/mol. The van der Waals surface area contributed by atoms with Crippen molar-refractivity contribution in [2.75, 3.05) is 23.5 Å². The van der Waals surface area contributed by atoms with E-state index in [4.69, 9.17) is 9.15 Å². The first-order chi connectivity index (χ1) is 19.2. The summed E-state index contributed by atoms with van der Waals surface area (Å²) in [5.41, 5.74) is 4.56. The monoisotopic (exact) mass is 510 g/mol. The van der Waals surface area contributed by atoms with Gasteiger partial charge >= 0.3 is 0 Å². The SMILES string of the molecule is CN1C=CN(c2cc(Oc3cccc(N(c4ccccc4)c4ccccn4)c3)c3oc4ccccc4c3c2)C1. The Bertz CT molecular complexity index is 1760. The average Bonchev–Trinajstić information content (AvgIpc) is 3.58. The third-order valence-corrected chi connectivity index (χ3v) is 6.83. The number of furan rings is 1. The molecule has 0 bridgehead atoms. The zero-order valence-corrected chi connectivity index (χ0v) is 21.4. The van der Waals surface area contributed by atoms with Gasteiger partial charge in [0.2, 0.25) is 0 Å². The second-order valence-corrected chi connectivity index (χ2v) is 9.54. The fourth-order valence-electron chi connectivity index (χ4n) is 5.01. The van der Waals surface area contributed by atoms with Gasteiger partial charge in [0.1, 0.15) is 17.2 Å². The highest BCUT2D eigenvalue weighted by Gasteiger charge is 2.20. The Morgan fingerprint density at radius 2 is 1.59 bits per heavy atom. The molecule has 3 heterocycles. The topological polar surface area (TPSA) is 45.0 Å². The van der Waals surface area contributed by atoms with Gasteiger partial charge < -0.3 is 19.0 Å². The van der Waals surface area contributed by atoms with Gasteiger partial charge in [0.15, 0.2) is 11.3 Å². The molecule has 1 aliphatic rings. The summed E-state index contributed by atoms with van der Waals surface area (Å²) in [4.78, 5) is 11.1. The molecule has 0 amide bonds. The number of rotatable bonds is 6. The fraction of sp³-hybridized carbons (Fsp3) is 0.0606. The summed E-state index contributed by atoms with van der Waals surface area (Å²) in [5.74, 6) is 2.20. The molecule has 0 atom stereocenters. The molecule has 0 saturated heterocycles. The molecule has 0 spiro atoms. The highest BCUT2D eigenvalue weighted by Crippen LogP contribution is 2.42. The molecule has 0 saturated carbocycles. The smallest absolute Gasteiger partial charge is 0.178 e. The van der Waals surface area contributed by atoms with Gasteiger partial charge in [-0.05, 0) is 48.5 Å². The fourth-order valence-corrected chi connectivity index (χ4v) is 5.01. The van der Waals surface area contributed by atoms with E-state index in [2.05, 4.69) is 75.5 Å². The van der Waals surface area contributed by atoms with E-state index < -0.39 is 0 Å². The van der Waals surface area contributed by atoms with Crippen LogP contribution in [0.4, 0.5) is 22.9 Å². The molecular weight excluding hydrogens is 484 g/mol. The molecule has 0 fully saturated rings. The van der Waals surface area contributed by atoms with E-state index in [-0.39, 0.29) is 0 Å². The quantitative estimate of drug-likeness (QED) is 0.224. The third kappa shape index (κ3) is 4.32. The zero-order chi connectivity index (χ0) is 26.2. The Balaban J connectivity index is 1.33. The summed E-state index contributed by atoms with van der Waals surface area (Å²) in [6, 6.07) is 36.5. The van der Waals surface area contributed by atoms with Gasteiger partial charge in [-0.3, -0.25) is 4.90 Å². The highest BCUT2D eigenvalue weighted by atomic mass is 16.5. The van der Waals surface area contributed by atoms with E-state index in [9.17, 15) is 0 Å². The van der Waals surface area contributed by atoms with Crippen LogP contribution in [-0.2, 0) is 0 Å². The summed E-state index contributed by atoms with van der Waals surface area (Å²) < 4.78 is 12.9. The van der Waals surface area contributed by atoms with Crippen molar-refractivity contribution < 1.29 is 9.15 Å². The minimum Gasteiger partial charge on any atom is -0.453 e. The van der Waals surface area contributed by atoms with Crippen LogP contribution in [0.5, 0.6) is 11.5 Å². The first-order valence-corrected chi connectivity index (χ1v) is 12.9. The predicted octanol–water partition coefficient (Wildman–Crippen LogP) is 8.42. The van der Waals surface area contributed by atoms with Crippen LogP contribution in [-0.4, -0.2) is 23.6 Å². The Kier molecular flexibility index (Phi) is 5.63. The Labute approximate surface area is 226 Å². The van der Waals surface area contributed by atoms with Crippen molar-refractivity contribution in [2.45, 2.75) is 0 Å². The van der Waals surface area contributed by atoms with Crippen LogP contribution in [0.25, 0.3) is 21.9 Å². The van der Waals surface area contributed by atoms with Crippen molar-refractivity contribution in [1.82, 2.24) is 9.88 Å². The maximum atomic E-state index is 6.61. The van der Waals surface area contributed by atoms with E-state index in [1.165, 1.54) is 0 Å². The summed E-state index contributed by atoms with van der Waals surface area (Å²) in [6.45, 7) is 0.770. The van der Waals surface area contributed by atoms with Gasteiger partial charge in [0.25, 0.3) is 0 Å². The molecular formula is C33H26N4O2. The Morgan fingerprint density at radius 3 is 2.41 bits per heavy atom. The van der Waals surface area contributed by atoms with Crippen molar-refractivity contribution in [3.63, 3.8) is 0 Å². The predicted molar refractivity (Wildman–Crippen MR) is 157 cm³/mol. The van der Waals surface area contributed by atoms with Gasteiger partial charge in [0.05, 0.1) is 12.4 Å². The Hall–Kier alpha value is -5.23. The molecule has 6 nitrogen and oxygen atoms in total. The van der Waals surface area contributed by atoms with Crippen molar-refractivity contribution in [2.24, 2.45) is 0 Å². The van der Waals surface area contributed by atoms with E-state index in [1.807, 2.05) is 72.8 Å². The van der Waals surface area contributed by atoms with Crippen molar-refractivity contribution in [3.05, 3.63) is 128 Å². The van der Waals surface area contributed by atoms with Crippen LogP contribution in [0, 0.1) is 0 Å². The van der Waals surface area contributed by atoms with Crippen LogP contribution < -0.4 is 14.5 Å². The summed E-state index contributed by atoms with van der Waals surface area (Å²) >= 11 is 0. The lowest BCUT2D eigenvalue weighted by atomic mass is 10.1. The van der Waals surface area contributed by atoms with Crippen LogP contribution >= 0.6 is 0 Å². The summed E-state index contributed by atoms with van der Waals surface area (Å²) in [6.07, 6.45) is 5.95. The van der Waals surface area contributed by atoms with Crippen LogP contribution in [0.1, 0.15) is 0 Å². The molecule has 1 aliphatic heterocycles.